The zero-order valence-electron chi connectivity index (χ0n) is 6.02. The molecular formula is C6H7N5. The number of rotatable bonds is 0. The van der Waals surface area contributed by atoms with Crippen molar-refractivity contribution >= 4 is 11.6 Å². The van der Waals surface area contributed by atoms with Crippen molar-refractivity contribution in [1.29, 1.82) is 0 Å². The second-order valence-corrected chi connectivity index (χ2v) is 2.24. The van der Waals surface area contributed by atoms with Crippen molar-refractivity contribution in [3.05, 3.63) is 18.1 Å². The topological polar surface area (TPSA) is 69.1 Å². The number of nitrogen functional groups attached to an aromatic ring is 1. The van der Waals surface area contributed by atoms with Gasteiger partial charge in [-0.1, -0.05) is 0 Å². The fourth-order valence-electron chi connectivity index (χ4n) is 0.912. The van der Waals surface area contributed by atoms with Gasteiger partial charge < -0.3 is 5.73 Å². The molecule has 0 saturated heterocycles. The second-order valence-electron chi connectivity index (χ2n) is 2.24. The average molecular weight is 149 g/mol. The fraction of sp³-hybridized carbons (Fsp3) is 0.167. The molecule has 2 aromatic rings. The van der Waals surface area contributed by atoms with Gasteiger partial charge in [0.15, 0.2) is 0 Å². The van der Waals surface area contributed by atoms with Crippen LogP contribution in [0.5, 0.6) is 0 Å². The molecule has 2 heterocycles. The van der Waals surface area contributed by atoms with Crippen LogP contribution in [0.2, 0.25) is 0 Å². The van der Waals surface area contributed by atoms with Crippen LogP contribution in [0.1, 0.15) is 5.82 Å². The normalized spacial score (nSPS) is 10.6. The number of hydrogen-bond donors (Lipinski definition) is 1. The molecule has 0 aliphatic carbocycles. The van der Waals surface area contributed by atoms with E-state index in [1.54, 1.807) is 19.2 Å². The number of nitrogens with two attached hydrogens (primary N) is 1. The Morgan fingerprint density at radius 2 is 2.36 bits per heavy atom. The zero-order valence-corrected chi connectivity index (χ0v) is 6.02. The van der Waals surface area contributed by atoms with Gasteiger partial charge >= 0.3 is 0 Å². The molecule has 11 heavy (non-hydrogen) atoms. The lowest BCUT2D eigenvalue weighted by atomic mass is 10.6. The summed E-state index contributed by atoms with van der Waals surface area (Å²) >= 11 is 0. The first-order valence-electron chi connectivity index (χ1n) is 3.21. The number of hydrogen-bond acceptors (Lipinski definition) is 4. The first-order chi connectivity index (χ1) is 5.27. The van der Waals surface area contributed by atoms with E-state index in [-0.39, 0.29) is 0 Å². The number of aromatic nitrogens is 4. The van der Waals surface area contributed by atoms with Crippen LogP contribution in [0.4, 0.5) is 5.82 Å². The van der Waals surface area contributed by atoms with Gasteiger partial charge in [0.25, 0.3) is 5.78 Å². The van der Waals surface area contributed by atoms with E-state index in [4.69, 9.17) is 5.73 Å². The Balaban J connectivity index is 2.90. The van der Waals surface area contributed by atoms with Crippen molar-refractivity contribution in [2.75, 3.05) is 5.73 Å². The third-order valence-electron chi connectivity index (χ3n) is 1.38. The molecule has 0 aromatic carbocycles. The Kier molecular flexibility index (Phi) is 1.06. The fourth-order valence-corrected chi connectivity index (χ4v) is 0.912. The minimum atomic E-state index is 0.544. The monoisotopic (exact) mass is 149 g/mol. The third kappa shape index (κ3) is 0.813. The highest BCUT2D eigenvalue weighted by Crippen LogP contribution is 2.02. The van der Waals surface area contributed by atoms with E-state index < -0.39 is 0 Å². The van der Waals surface area contributed by atoms with Gasteiger partial charge in [-0.05, 0) is 13.0 Å². The summed E-state index contributed by atoms with van der Waals surface area (Å²) in [6.07, 6.45) is 1.61. The maximum absolute atomic E-state index is 5.59. The molecule has 5 nitrogen and oxygen atoms in total. The van der Waals surface area contributed by atoms with E-state index in [0.717, 1.165) is 0 Å². The first-order valence-corrected chi connectivity index (χ1v) is 3.21. The maximum atomic E-state index is 5.59. The van der Waals surface area contributed by atoms with E-state index in [1.165, 1.54) is 4.52 Å². The highest BCUT2D eigenvalue weighted by atomic mass is 15.3. The standard InChI is InChI=1S/C6H7N5/c1-4-9-6-8-3-2-5(7)11(6)10-4/h2-3H,7H2,1H3. The van der Waals surface area contributed by atoms with Gasteiger partial charge in [0.2, 0.25) is 0 Å². The summed E-state index contributed by atoms with van der Waals surface area (Å²) in [6, 6.07) is 1.68. The lowest BCUT2D eigenvalue weighted by molar-refractivity contribution is 0.927. The van der Waals surface area contributed by atoms with Crippen molar-refractivity contribution in [2.45, 2.75) is 6.92 Å². The van der Waals surface area contributed by atoms with Crippen molar-refractivity contribution in [2.24, 2.45) is 0 Å². The molecular weight excluding hydrogens is 142 g/mol. The predicted molar refractivity (Wildman–Crippen MR) is 39.9 cm³/mol. The van der Waals surface area contributed by atoms with Gasteiger partial charge in [0, 0.05) is 6.20 Å². The van der Waals surface area contributed by atoms with E-state index in [2.05, 4.69) is 15.1 Å². The lowest BCUT2D eigenvalue weighted by Crippen LogP contribution is -1.98. The van der Waals surface area contributed by atoms with Gasteiger partial charge in [0.05, 0.1) is 0 Å². The van der Waals surface area contributed by atoms with Crippen molar-refractivity contribution in [3.63, 3.8) is 0 Å². The molecule has 56 valence electrons. The molecule has 0 fully saturated rings. The number of aryl methyl sites for hydroxylation is 1. The molecule has 0 atom stereocenters. The molecule has 0 spiro atoms. The Morgan fingerprint density at radius 3 is 3.09 bits per heavy atom. The van der Waals surface area contributed by atoms with E-state index in [1.807, 2.05) is 0 Å². The summed E-state index contributed by atoms with van der Waals surface area (Å²) in [7, 11) is 0. The van der Waals surface area contributed by atoms with Crippen LogP contribution in [0.3, 0.4) is 0 Å². The molecule has 0 aliphatic heterocycles. The van der Waals surface area contributed by atoms with Crippen LogP contribution in [0.15, 0.2) is 12.3 Å². The highest BCUT2D eigenvalue weighted by Gasteiger charge is 2.00. The average Bonchev–Trinajstić information content (AvgIpc) is 2.31. The molecule has 0 radical (unpaired) electrons. The van der Waals surface area contributed by atoms with Crippen molar-refractivity contribution in [1.82, 2.24) is 19.6 Å². The molecule has 5 heteroatoms. The third-order valence-corrected chi connectivity index (χ3v) is 1.38. The SMILES string of the molecule is Cc1nc2nccc(N)n2n1. The molecule has 2 aromatic heterocycles. The van der Waals surface area contributed by atoms with Crippen LogP contribution in [0.25, 0.3) is 5.78 Å². The Morgan fingerprint density at radius 1 is 1.55 bits per heavy atom. The maximum Gasteiger partial charge on any atom is 0.254 e. The summed E-state index contributed by atoms with van der Waals surface area (Å²) in [5.74, 6) is 1.77. The van der Waals surface area contributed by atoms with E-state index in [9.17, 15) is 0 Å². The number of anilines is 1. The quantitative estimate of drug-likeness (QED) is 0.573. The van der Waals surface area contributed by atoms with Crippen LogP contribution < -0.4 is 5.73 Å². The Hall–Kier alpha value is -1.65. The van der Waals surface area contributed by atoms with Gasteiger partial charge in [-0.25, -0.2) is 4.98 Å². The first kappa shape index (κ1) is 6.09. The Labute approximate surface area is 62.9 Å². The van der Waals surface area contributed by atoms with Gasteiger partial charge in [-0.15, -0.1) is 5.10 Å². The molecule has 0 bridgehead atoms. The van der Waals surface area contributed by atoms with Crippen LogP contribution in [-0.4, -0.2) is 19.6 Å². The summed E-state index contributed by atoms with van der Waals surface area (Å²) in [5.41, 5.74) is 5.59. The molecule has 0 unspecified atom stereocenters. The molecule has 2 N–H and O–H groups in total. The number of fused-ring (bicyclic) bond motifs is 1. The lowest BCUT2D eigenvalue weighted by Gasteiger charge is -1.92. The second kappa shape index (κ2) is 1.91. The molecule has 0 aliphatic rings. The summed E-state index contributed by atoms with van der Waals surface area (Å²) < 4.78 is 1.51. The molecule has 0 amide bonds. The summed E-state index contributed by atoms with van der Waals surface area (Å²) in [4.78, 5) is 8.01. The highest BCUT2D eigenvalue weighted by molar-refractivity contribution is 5.38. The number of nitrogens with zero attached hydrogens (tertiary/aromatic N) is 4. The van der Waals surface area contributed by atoms with E-state index in [0.29, 0.717) is 17.4 Å². The summed E-state index contributed by atoms with van der Waals surface area (Å²) in [5, 5.41) is 4.03. The predicted octanol–water partition coefficient (Wildman–Crippen LogP) is 0.0149. The smallest absolute Gasteiger partial charge is 0.254 e. The van der Waals surface area contributed by atoms with Gasteiger partial charge in [0.1, 0.15) is 11.6 Å². The van der Waals surface area contributed by atoms with Crippen molar-refractivity contribution in [3.8, 4) is 0 Å². The van der Waals surface area contributed by atoms with Gasteiger partial charge in [-0.3, -0.25) is 0 Å². The van der Waals surface area contributed by atoms with Crippen LogP contribution in [0, 0.1) is 6.92 Å². The summed E-state index contributed by atoms with van der Waals surface area (Å²) in [6.45, 7) is 1.80. The minimum Gasteiger partial charge on any atom is -0.383 e. The zero-order chi connectivity index (χ0) is 7.84. The Bertz CT molecular complexity index is 391. The molecule has 2 rings (SSSR count). The van der Waals surface area contributed by atoms with Gasteiger partial charge in [-0.2, -0.15) is 9.50 Å². The van der Waals surface area contributed by atoms with E-state index >= 15 is 0 Å². The molecule has 0 saturated carbocycles. The minimum absolute atomic E-state index is 0.544. The van der Waals surface area contributed by atoms with Crippen LogP contribution >= 0.6 is 0 Å². The largest absolute Gasteiger partial charge is 0.383 e. The van der Waals surface area contributed by atoms with Crippen LogP contribution in [-0.2, 0) is 0 Å². The van der Waals surface area contributed by atoms with Crippen molar-refractivity contribution < 1.29 is 0 Å².